The number of ether oxygens (including phenoxy) is 3. The van der Waals surface area contributed by atoms with Crippen molar-refractivity contribution in [3.63, 3.8) is 0 Å². The van der Waals surface area contributed by atoms with E-state index in [1.807, 2.05) is 6.08 Å². The number of rotatable bonds is 9. The lowest BCUT2D eigenvalue weighted by Gasteiger charge is -2.58. The second-order valence-electron chi connectivity index (χ2n) is 18.3. The van der Waals surface area contributed by atoms with Gasteiger partial charge >= 0.3 is 11.9 Å². The molecule has 4 aliphatic carbocycles. The third kappa shape index (κ3) is 8.91. The number of cyclic esters (lactones) is 1. The van der Waals surface area contributed by atoms with Crippen LogP contribution in [-0.4, -0.2) is 42.1 Å². The Labute approximate surface area is 318 Å². The molecular weight excluding hydrogens is 664 g/mol. The minimum Gasteiger partial charge on any atom is -0.507 e. The van der Waals surface area contributed by atoms with E-state index in [1.165, 1.54) is 56.6 Å². The van der Waals surface area contributed by atoms with Crippen LogP contribution in [0.4, 0.5) is 0 Å². The second kappa shape index (κ2) is 17.1. The van der Waals surface area contributed by atoms with Gasteiger partial charge in [-0.15, -0.1) is 0 Å². The lowest BCUT2D eigenvalue weighted by molar-refractivity contribution is -0.154. The normalized spacial score (nSPS) is 33.2. The molecule has 3 fully saturated rings. The van der Waals surface area contributed by atoms with Crippen molar-refractivity contribution in [2.45, 2.75) is 150 Å². The monoisotopic (exact) mass is 730 g/mol. The molecule has 3 saturated carbocycles. The Hall–Kier alpha value is -3.09. The topological polar surface area (TPSA) is 99.1 Å². The minimum atomic E-state index is -0.624. The largest absolute Gasteiger partial charge is 0.507 e. The highest BCUT2D eigenvalue weighted by Gasteiger charge is 2.59. The average Bonchev–Trinajstić information content (AvgIpc) is 3.47. The van der Waals surface area contributed by atoms with Crippen LogP contribution in [-0.2, 0) is 19.1 Å². The van der Waals surface area contributed by atoms with Gasteiger partial charge in [0.15, 0.2) is 6.61 Å². The number of aromatic hydroxyl groups is 1. The van der Waals surface area contributed by atoms with Gasteiger partial charge in [-0.3, -0.25) is 4.79 Å². The molecule has 0 aromatic heterocycles. The van der Waals surface area contributed by atoms with Crippen molar-refractivity contribution in [3.8, 4) is 11.5 Å². The van der Waals surface area contributed by atoms with E-state index >= 15 is 0 Å². The maximum Gasteiger partial charge on any atom is 0.344 e. The average molecular weight is 731 g/mol. The Morgan fingerprint density at radius 3 is 2.60 bits per heavy atom. The van der Waals surface area contributed by atoms with Crippen LogP contribution >= 0.6 is 0 Å². The molecule has 53 heavy (non-hydrogen) atoms. The zero-order chi connectivity index (χ0) is 37.8. The molecule has 1 heterocycles. The first kappa shape index (κ1) is 39.6. The van der Waals surface area contributed by atoms with Gasteiger partial charge in [0.1, 0.15) is 28.9 Å². The fraction of sp³-hybridized carbons (Fsp3) is 0.717. The summed E-state index contributed by atoms with van der Waals surface area (Å²) < 4.78 is 17.3. The summed E-state index contributed by atoms with van der Waals surface area (Å²) in [6, 6.07) is 3.00. The SMILES string of the molecule is CC(C)CCC[C@H](C)[C@H]1CC[C@H]2[C@@H]3CC=C4C[C@H](OC(=O)COc5cc(O)c6c(c5)/C=C/CCCC(=O)CCCCOC6=O)CC[C@]4(C)[C@H]3CC[C@]12C. The van der Waals surface area contributed by atoms with Gasteiger partial charge in [-0.1, -0.05) is 77.7 Å². The highest BCUT2D eigenvalue weighted by Crippen LogP contribution is 2.67. The van der Waals surface area contributed by atoms with Crippen LogP contribution in [0.2, 0.25) is 0 Å². The van der Waals surface area contributed by atoms with Gasteiger partial charge in [0.2, 0.25) is 0 Å². The van der Waals surface area contributed by atoms with E-state index in [0.717, 1.165) is 61.7 Å². The molecule has 1 N–H and O–H groups in total. The standard InChI is InChI=1S/C46H66O7/c1-30(2)12-11-13-31(3)38-19-20-39-37-18-17-33-27-35(21-23-45(33,4)40(37)22-24-46(38,39)5)53-42(49)29-52-36-26-32-14-7-6-8-15-34(47)16-9-10-25-51-44(50)43(32)41(48)28-36/h7,14,17,26,28,30-31,35,37-40,48H,6,8-13,15-16,18-25,27,29H2,1-5H3/b14-7+/t31-,35+,37-,38+,39-,40-,45-,46+/m0/s1. The van der Waals surface area contributed by atoms with Crippen LogP contribution in [0.25, 0.3) is 6.08 Å². The highest BCUT2D eigenvalue weighted by atomic mass is 16.6. The smallest absolute Gasteiger partial charge is 0.344 e. The molecule has 292 valence electrons. The molecule has 8 atom stereocenters. The summed E-state index contributed by atoms with van der Waals surface area (Å²) in [6.45, 7) is 12.3. The van der Waals surface area contributed by atoms with E-state index in [9.17, 15) is 19.5 Å². The summed E-state index contributed by atoms with van der Waals surface area (Å²) in [5, 5.41) is 10.9. The summed E-state index contributed by atoms with van der Waals surface area (Å²) in [7, 11) is 0. The molecule has 1 aromatic carbocycles. The molecule has 7 nitrogen and oxygen atoms in total. The van der Waals surface area contributed by atoms with Gasteiger partial charge in [0, 0.05) is 25.3 Å². The number of hydrogen-bond donors (Lipinski definition) is 1. The third-order valence-electron chi connectivity index (χ3n) is 14.4. The van der Waals surface area contributed by atoms with E-state index in [4.69, 9.17) is 14.2 Å². The number of esters is 2. The molecule has 0 unspecified atom stereocenters. The second-order valence-corrected chi connectivity index (χ2v) is 18.3. The van der Waals surface area contributed by atoms with Gasteiger partial charge in [-0.2, -0.15) is 0 Å². The Morgan fingerprint density at radius 2 is 1.79 bits per heavy atom. The molecule has 0 saturated heterocycles. The molecular formula is C46H66O7. The maximum absolute atomic E-state index is 13.1. The Bertz CT molecular complexity index is 1540. The van der Waals surface area contributed by atoms with Crippen molar-refractivity contribution < 1.29 is 33.7 Å². The van der Waals surface area contributed by atoms with Crippen molar-refractivity contribution in [1.82, 2.24) is 0 Å². The number of carbonyl (C=O) groups is 3. The van der Waals surface area contributed by atoms with Gasteiger partial charge < -0.3 is 19.3 Å². The van der Waals surface area contributed by atoms with Crippen LogP contribution in [0.3, 0.4) is 0 Å². The zero-order valence-electron chi connectivity index (χ0n) is 33.3. The molecule has 0 spiro atoms. The van der Waals surface area contributed by atoms with Crippen molar-refractivity contribution in [2.24, 2.45) is 46.3 Å². The predicted molar refractivity (Wildman–Crippen MR) is 209 cm³/mol. The quantitative estimate of drug-likeness (QED) is 0.199. The van der Waals surface area contributed by atoms with Gasteiger partial charge in [0.25, 0.3) is 0 Å². The molecule has 7 heteroatoms. The molecule has 5 aliphatic rings. The fourth-order valence-electron chi connectivity index (χ4n) is 11.6. The van der Waals surface area contributed by atoms with Crippen LogP contribution in [0, 0.1) is 46.3 Å². The number of carbonyl (C=O) groups excluding carboxylic acids is 3. The van der Waals surface area contributed by atoms with Crippen molar-refractivity contribution in [1.29, 1.82) is 0 Å². The molecule has 0 radical (unpaired) electrons. The lowest BCUT2D eigenvalue weighted by atomic mass is 9.47. The Morgan fingerprint density at radius 1 is 0.981 bits per heavy atom. The highest BCUT2D eigenvalue weighted by molar-refractivity contribution is 5.97. The van der Waals surface area contributed by atoms with Gasteiger partial charge in [-0.05, 0) is 129 Å². The van der Waals surface area contributed by atoms with E-state index in [-0.39, 0.29) is 47.6 Å². The fourth-order valence-corrected chi connectivity index (χ4v) is 11.6. The van der Waals surface area contributed by atoms with Crippen LogP contribution in [0.5, 0.6) is 11.5 Å². The Kier molecular flexibility index (Phi) is 12.8. The summed E-state index contributed by atoms with van der Waals surface area (Å²) in [6.07, 6.45) is 23.1. The number of phenolic OH excluding ortho intramolecular Hbond substituents is 1. The Balaban J connectivity index is 1.05. The van der Waals surface area contributed by atoms with E-state index in [0.29, 0.717) is 49.0 Å². The number of phenols is 1. The lowest BCUT2D eigenvalue weighted by Crippen LogP contribution is -2.51. The molecule has 1 aromatic rings. The first-order chi connectivity index (χ1) is 25.4. The maximum atomic E-state index is 13.1. The zero-order valence-corrected chi connectivity index (χ0v) is 33.3. The molecule has 0 amide bonds. The molecule has 1 aliphatic heterocycles. The summed E-state index contributed by atoms with van der Waals surface area (Å²) in [4.78, 5) is 38.1. The number of allylic oxidation sites excluding steroid dienone is 2. The number of fused-ring (bicyclic) bond motifs is 6. The first-order valence-corrected chi connectivity index (χ1v) is 21.1. The van der Waals surface area contributed by atoms with Gasteiger partial charge in [-0.25, -0.2) is 9.59 Å². The number of hydrogen-bond acceptors (Lipinski definition) is 7. The number of benzene rings is 1. The number of ketones is 1. The van der Waals surface area contributed by atoms with Crippen molar-refractivity contribution >= 4 is 23.8 Å². The van der Waals surface area contributed by atoms with Crippen LogP contribution in [0.1, 0.15) is 160 Å². The van der Waals surface area contributed by atoms with E-state index in [1.54, 1.807) is 12.1 Å². The van der Waals surface area contributed by atoms with Crippen molar-refractivity contribution in [2.75, 3.05) is 13.2 Å². The van der Waals surface area contributed by atoms with E-state index < -0.39 is 11.9 Å². The molecule has 0 bridgehead atoms. The van der Waals surface area contributed by atoms with Gasteiger partial charge in [0.05, 0.1) is 6.61 Å². The summed E-state index contributed by atoms with van der Waals surface area (Å²) in [5.41, 5.74) is 2.66. The molecule has 6 rings (SSSR count). The van der Waals surface area contributed by atoms with Crippen LogP contribution < -0.4 is 4.74 Å². The first-order valence-electron chi connectivity index (χ1n) is 21.1. The van der Waals surface area contributed by atoms with Crippen molar-refractivity contribution in [3.05, 3.63) is 41.0 Å². The third-order valence-corrected chi connectivity index (χ3v) is 14.4. The summed E-state index contributed by atoms with van der Waals surface area (Å²) in [5.74, 6) is 3.94. The summed E-state index contributed by atoms with van der Waals surface area (Å²) >= 11 is 0. The minimum absolute atomic E-state index is 0.0690. The van der Waals surface area contributed by atoms with E-state index in [2.05, 4.69) is 40.7 Å². The number of Topliss-reactive ketones (excluding diaryl/α,β-unsaturated/α-hetero) is 1. The van der Waals surface area contributed by atoms with Crippen LogP contribution in [0.15, 0.2) is 29.9 Å². The predicted octanol–water partition coefficient (Wildman–Crippen LogP) is 10.8.